The molecule has 0 aliphatic carbocycles. The summed E-state index contributed by atoms with van der Waals surface area (Å²) in [6.07, 6.45) is 1.77. The number of fused-ring (bicyclic) bond motifs is 1. The minimum atomic E-state index is -0.113. The summed E-state index contributed by atoms with van der Waals surface area (Å²) in [6, 6.07) is 10.7. The van der Waals surface area contributed by atoms with E-state index in [0.717, 1.165) is 24.0 Å². The topological polar surface area (TPSA) is 40.5 Å². The number of para-hydroxylation sites is 1. The van der Waals surface area contributed by atoms with Gasteiger partial charge in [-0.05, 0) is 49.1 Å². The molecule has 0 saturated heterocycles. The Hall–Kier alpha value is -2.00. The van der Waals surface area contributed by atoms with Crippen LogP contribution in [0.3, 0.4) is 0 Å². The number of aromatic hydroxyl groups is 1. The van der Waals surface area contributed by atoms with Gasteiger partial charge in [0.25, 0.3) is 5.91 Å². The molecule has 3 rings (SSSR count). The fourth-order valence-corrected chi connectivity index (χ4v) is 2.98. The number of hydrogen-bond acceptors (Lipinski definition) is 2. The van der Waals surface area contributed by atoms with Gasteiger partial charge in [0, 0.05) is 17.1 Å². The summed E-state index contributed by atoms with van der Waals surface area (Å²) in [5.41, 5.74) is 3.10. The molecule has 1 aliphatic heterocycles. The number of aryl methyl sites for hydroxylation is 2. The molecule has 1 aliphatic rings. The molecule has 21 heavy (non-hydrogen) atoms. The lowest BCUT2D eigenvalue weighted by molar-refractivity contribution is 0.0983. The SMILES string of the molecule is Cc1ccc(Cl)cc1C(=O)N1CCCc2cccc(O)c21. The predicted molar refractivity (Wildman–Crippen MR) is 84.3 cm³/mol. The minimum absolute atomic E-state index is 0.113. The lowest BCUT2D eigenvalue weighted by Crippen LogP contribution is -2.35. The van der Waals surface area contributed by atoms with E-state index in [2.05, 4.69) is 0 Å². The van der Waals surface area contributed by atoms with E-state index in [9.17, 15) is 9.90 Å². The third-order valence-corrected chi connectivity index (χ3v) is 4.11. The van der Waals surface area contributed by atoms with Crippen LogP contribution in [0.25, 0.3) is 0 Å². The first-order chi connectivity index (χ1) is 10.1. The van der Waals surface area contributed by atoms with Crippen LogP contribution in [0.5, 0.6) is 5.75 Å². The standard InChI is InChI=1S/C17H16ClNO2/c1-11-7-8-13(18)10-14(11)17(21)19-9-3-5-12-4-2-6-15(20)16(12)19/h2,4,6-8,10,20H,3,5,9H2,1H3. The maximum atomic E-state index is 12.8. The number of phenolic OH excluding ortho intramolecular Hbond substituents is 1. The Bertz CT molecular complexity index is 712. The van der Waals surface area contributed by atoms with E-state index in [1.54, 1.807) is 23.1 Å². The highest BCUT2D eigenvalue weighted by Crippen LogP contribution is 2.36. The summed E-state index contributed by atoms with van der Waals surface area (Å²) < 4.78 is 0. The summed E-state index contributed by atoms with van der Waals surface area (Å²) in [7, 11) is 0. The molecule has 2 aromatic rings. The average Bonchev–Trinajstić information content (AvgIpc) is 2.49. The average molecular weight is 302 g/mol. The van der Waals surface area contributed by atoms with Gasteiger partial charge in [-0.15, -0.1) is 0 Å². The van der Waals surface area contributed by atoms with Gasteiger partial charge in [0.2, 0.25) is 0 Å². The highest BCUT2D eigenvalue weighted by molar-refractivity contribution is 6.31. The van der Waals surface area contributed by atoms with Crippen LogP contribution in [0.2, 0.25) is 5.02 Å². The molecular formula is C17H16ClNO2. The molecule has 1 amide bonds. The van der Waals surface area contributed by atoms with Crippen LogP contribution >= 0.6 is 11.6 Å². The van der Waals surface area contributed by atoms with Crippen LogP contribution < -0.4 is 4.90 Å². The van der Waals surface area contributed by atoms with E-state index in [-0.39, 0.29) is 11.7 Å². The Kier molecular flexibility index (Phi) is 3.60. The number of carbonyl (C=O) groups excluding carboxylic acids is 1. The normalized spacial score (nSPS) is 13.9. The van der Waals surface area contributed by atoms with Gasteiger partial charge in [-0.25, -0.2) is 0 Å². The summed E-state index contributed by atoms with van der Waals surface area (Å²) in [6.45, 7) is 2.49. The van der Waals surface area contributed by atoms with E-state index >= 15 is 0 Å². The van der Waals surface area contributed by atoms with Crippen molar-refractivity contribution >= 4 is 23.2 Å². The Labute approximate surface area is 128 Å². The molecule has 0 bridgehead atoms. The van der Waals surface area contributed by atoms with Gasteiger partial charge < -0.3 is 10.0 Å². The summed E-state index contributed by atoms with van der Waals surface area (Å²) >= 11 is 6.01. The molecule has 0 unspecified atom stereocenters. The maximum absolute atomic E-state index is 12.8. The van der Waals surface area contributed by atoms with Crippen molar-refractivity contribution in [2.75, 3.05) is 11.4 Å². The quantitative estimate of drug-likeness (QED) is 0.866. The number of halogens is 1. The Morgan fingerprint density at radius 1 is 1.29 bits per heavy atom. The third kappa shape index (κ3) is 2.49. The Morgan fingerprint density at radius 2 is 2.10 bits per heavy atom. The van der Waals surface area contributed by atoms with Gasteiger partial charge in [0.05, 0.1) is 5.69 Å². The van der Waals surface area contributed by atoms with E-state index < -0.39 is 0 Å². The number of hydrogen-bond donors (Lipinski definition) is 1. The van der Waals surface area contributed by atoms with Crippen molar-refractivity contribution in [1.82, 2.24) is 0 Å². The molecule has 0 fully saturated rings. The highest BCUT2D eigenvalue weighted by Gasteiger charge is 2.27. The third-order valence-electron chi connectivity index (χ3n) is 3.87. The predicted octanol–water partition coefficient (Wildman–Crippen LogP) is 3.95. The molecule has 2 aromatic carbocycles. The van der Waals surface area contributed by atoms with Crippen LogP contribution in [0, 0.1) is 6.92 Å². The lowest BCUT2D eigenvalue weighted by atomic mass is 9.99. The smallest absolute Gasteiger partial charge is 0.258 e. The molecule has 0 aromatic heterocycles. The molecule has 0 atom stereocenters. The number of benzene rings is 2. The monoisotopic (exact) mass is 301 g/mol. The lowest BCUT2D eigenvalue weighted by Gasteiger charge is -2.30. The molecule has 4 heteroatoms. The first kappa shape index (κ1) is 14.0. The number of phenols is 1. The number of rotatable bonds is 1. The summed E-state index contributed by atoms with van der Waals surface area (Å²) in [5, 5.41) is 10.7. The van der Waals surface area contributed by atoms with Gasteiger partial charge in [0.1, 0.15) is 5.75 Å². The van der Waals surface area contributed by atoms with Crippen LogP contribution in [-0.4, -0.2) is 17.6 Å². The number of amides is 1. The van der Waals surface area contributed by atoms with E-state index in [1.807, 2.05) is 25.1 Å². The minimum Gasteiger partial charge on any atom is -0.506 e. The van der Waals surface area contributed by atoms with Crippen LogP contribution in [-0.2, 0) is 6.42 Å². The molecule has 108 valence electrons. The highest BCUT2D eigenvalue weighted by atomic mass is 35.5. The van der Waals surface area contributed by atoms with E-state index in [4.69, 9.17) is 11.6 Å². The fourth-order valence-electron chi connectivity index (χ4n) is 2.80. The summed E-state index contributed by atoms with van der Waals surface area (Å²) in [4.78, 5) is 14.5. The van der Waals surface area contributed by atoms with Gasteiger partial charge >= 0.3 is 0 Å². The fraction of sp³-hybridized carbons (Fsp3) is 0.235. The molecule has 0 spiro atoms. The zero-order valence-electron chi connectivity index (χ0n) is 11.8. The van der Waals surface area contributed by atoms with Crippen molar-refractivity contribution in [1.29, 1.82) is 0 Å². The molecule has 3 nitrogen and oxygen atoms in total. The summed E-state index contributed by atoms with van der Waals surface area (Å²) in [5.74, 6) is 0.0395. The largest absolute Gasteiger partial charge is 0.506 e. The number of nitrogens with zero attached hydrogens (tertiary/aromatic N) is 1. The zero-order chi connectivity index (χ0) is 15.0. The number of carbonyl (C=O) groups is 1. The Balaban J connectivity index is 2.06. The second-order valence-corrected chi connectivity index (χ2v) is 5.74. The van der Waals surface area contributed by atoms with Crippen molar-refractivity contribution in [3.8, 4) is 5.75 Å². The van der Waals surface area contributed by atoms with Gasteiger partial charge in [-0.3, -0.25) is 4.79 Å². The molecular weight excluding hydrogens is 286 g/mol. The zero-order valence-corrected chi connectivity index (χ0v) is 12.5. The van der Waals surface area contributed by atoms with E-state index in [0.29, 0.717) is 22.8 Å². The van der Waals surface area contributed by atoms with Crippen molar-refractivity contribution in [3.63, 3.8) is 0 Å². The first-order valence-electron chi connectivity index (χ1n) is 6.97. The Morgan fingerprint density at radius 3 is 2.90 bits per heavy atom. The molecule has 0 radical (unpaired) electrons. The van der Waals surface area contributed by atoms with Crippen LogP contribution in [0.15, 0.2) is 36.4 Å². The molecule has 1 heterocycles. The van der Waals surface area contributed by atoms with Gasteiger partial charge in [-0.1, -0.05) is 29.8 Å². The van der Waals surface area contributed by atoms with Crippen LogP contribution in [0.1, 0.15) is 27.9 Å². The molecule has 0 saturated carbocycles. The second-order valence-electron chi connectivity index (χ2n) is 5.30. The molecule has 1 N–H and O–H groups in total. The van der Waals surface area contributed by atoms with Crippen LogP contribution in [0.4, 0.5) is 5.69 Å². The number of anilines is 1. The van der Waals surface area contributed by atoms with Crippen molar-refractivity contribution < 1.29 is 9.90 Å². The van der Waals surface area contributed by atoms with Crippen molar-refractivity contribution in [2.45, 2.75) is 19.8 Å². The van der Waals surface area contributed by atoms with E-state index in [1.165, 1.54) is 0 Å². The second kappa shape index (κ2) is 5.41. The van der Waals surface area contributed by atoms with Gasteiger partial charge in [0.15, 0.2) is 0 Å². The van der Waals surface area contributed by atoms with Crippen molar-refractivity contribution in [3.05, 3.63) is 58.1 Å². The van der Waals surface area contributed by atoms with Gasteiger partial charge in [-0.2, -0.15) is 0 Å². The van der Waals surface area contributed by atoms with Crippen molar-refractivity contribution in [2.24, 2.45) is 0 Å². The first-order valence-corrected chi connectivity index (χ1v) is 7.34. The maximum Gasteiger partial charge on any atom is 0.258 e.